The van der Waals surface area contributed by atoms with Crippen molar-refractivity contribution >= 4 is 5.91 Å². The van der Waals surface area contributed by atoms with Gasteiger partial charge in [0.25, 0.3) is 0 Å². The monoisotopic (exact) mass is 262 g/mol. The SMILES string of the molecule is CCC1(C(=O)NC2CCCc3occc32)CCNC1. The van der Waals surface area contributed by atoms with Gasteiger partial charge in [0.05, 0.1) is 17.7 Å². The van der Waals surface area contributed by atoms with Crippen LogP contribution in [0.25, 0.3) is 0 Å². The molecule has 1 aromatic heterocycles. The number of amides is 1. The van der Waals surface area contributed by atoms with E-state index in [2.05, 4.69) is 17.6 Å². The highest BCUT2D eigenvalue weighted by Gasteiger charge is 2.40. The maximum absolute atomic E-state index is 12.6. The first-order valence-corrected chi connectivity index (χ1v) is 7.33. The molecule has 1 aliphatic carbocycles. The maximum atomic E-state index is 12.6. The number of aryl methyl sites for hydroxylation is 1. The summed E-state index contributed by atoms with van der Waals surface area (Å²) in [4.78, 5) is 12.6. The van der Waals surface area contributed by atoms with Crippen molar-refractivity contribution in [1.29, 1.82) is 0 Å². The van der Waals surface area contributed by atoms with Crippen LogP contribution in [-0.2, 0) is 11.2 Å². The van der Waals surface area contributed by atoms with Gasteiger partial charge >= 0.3 is 0 Å². The molecule has 1 fully saturated rings. The fraction of sp³-hybridized carbons (Fsp3) is 0.667. The van der Waals surface area contributed by atoms with Crippen LogP contribution in [0.5, 0.6) is 0 Å². The van der Waals surface area contributed by atoms with Gasteiger partial charge in [0.15, 0.2) is 0 Å². The van der Waals surface area contributed by atoms with Crippen molar-refractivity contribution in [3.8, 4) is 0 Å². The van der Waals surface area contributed by atoms with Crippen molar-refractivity contribution in [3.05, 3.63) is 23.7 Å². The Kier molecular flexibility index (Phi) is 3.35. The number of furan rings is 1. The van der Waals surface area contributed by atoms with Gasteiger partial charge in [-0.25, -0.2) is 0 Å². The maximum Gasteiger partial charge on any atom is 0.228 e. The largest absolute Gasteiger partial charge is 0.469 e. The summed E-state index contributed by atoms with van der Waals surface area (Å²) in [6.45, 7) is 3.86. The molecule has 1 aliphatic heterocycles. The van der Waals surface area contributed by atoms with Crippen LogP contribution < -0.4 is 10.6 Å². The molecule has 2 unspecified atom stereocenters. The second-order valence-electron chi connectivity index (χ2n) is 5.78. The summed E-state index contributed by atoms with van der Waals surface area (Å²) in [5.74, 6) is 1.26. The van der Waals surface area contributed by atoms with Crippen LogP contribution in [0.3, 0.4) is 0 Å². The van der Waals surface area contributed by atoms with Crippen LogP contribution in [0.2, 0.25) is 0 Å². The highest BCUT2D eigenvalue weighted by atomic mass is 16.3. The lowest BCUT2D eigenvalue weighted by molar-refractivity contribution is -0.131. The third kappa shape index (κ3) is 2.18. The molecule has 2 atom stereocenters. The molecule has 0 spiro atoms. The summed E-state index contributed by atoms with van der Waals surface area (Å²) < 4.78 is 5.48. The van der Waals surface area contributed by atoms with E-state index < -0.39 is 0 Å². The fourth-order valence-corrected chi connectivity index (χ4v) is 3.35. The minimum Gasteiger partial charge on any atom is -0.469 e. The van der Waals surface area contributed by atoms with E-state index in [1.165, 1.54) is 5.56 Å². The Labute approximate surface area is 113 Å². The molecule has 4 nitrogen and oxygen atoms in total. The lowest BCUT2D eigenvalue weighted by atomic mass is 9.82. The summed E-state index contributed by atoms with van der Waals surface area (Å²) >= 11 is 0. The standard InChI is InChI=1S/C15H22N2O2/c1-2-15(7-8-16-10-15)14(18)17-12-4-3-5-13-11(12)6-9-19-13/h6,9,12,16H,2-5,7-8,10H2,1H3,(H,17,18). The smallest absolute Gasteiger partial charge is 0.228 e. The zero-order valence-electron chi connectivity index (χ0n) is 11.5. The predicted octanol–water partition coefficient (Wildman–Crippen LogP) is 2.16. The van der Waals surface area contributed by atoms with E-state index >= 15 is 0 Å². The van der Waals surface area contributed by atoms with Gasteiger partial charge in [-0.2, -0.15) is 0 Å². The summed E-state index contributed by atoms with van der Waals surface area (Å²) in [5, 5.41) is 6.57. The van der Waals surface area contributed by atoms with Crippen molar-refractivity contribution in [1.82, 2.24) is 10.6 Å². The van der Waals surface area contributed by atoms with Gasteiger partial charge in [0.2, 0.25) is 5.91 Å². The molecule has 2 N–H and O–H groups in total. The predicted molar refractivity (Wildman–Crippen MR) is 72.7 cm³/mol. The quantitative estimate of drug-likeness (QED) is 0.877. The highest BCUT2D eigenvalue weighted by Crippen LogP contribution is 2.34. The number of carbonyl (C=O) groups is 1. The van der Waals surface area contributed by atoms with E-state index in [9.17, 15) is 4.79 Å². The second kappa shape index (κ2) is 5.00. The first-order valence-electron chi connectivity index (χ1n) is 7.33. The van der Waals surface area contributed by atoms with Gasteiger partial charge in [-0.3, -0.25) is 4.79 Å². The lowest BCUT2D eigenvalue weighted by Gasteiger charge is -2.30. The summed E-state index contributed by atoms with van der Waals surface area (Å²) in [5.41, 5.74) is 0.971. The van der Waals surface area contributed by atoms with E-state index in [1.807, 2.05) is 6.07 Å². The van der Waals surface area contributed by atoms with Crippen LogP contribution in [0.1, 0.15) is 50.0 Å². The molecule has 0 aromatic carbocycles. The third-order valence-electron chi connectivity index (χ3n) is 4.76. The van der Waals surface area contributed by atoms with Gasteiger partial charge in [0.1, 0.15) is 5.76 Å². The Morgan fingerprint density at radius 1 is 1.63 bits per heavy atom. The first-order chi connectivity index (χ1) is 9.25. The molecule has 0 radical (unpaired) electrons. The summed E-state index contributed by atoms with van der Waals surface area (Å²) in [6, 6.07) is 2.14. The zero-order chi connectivity index (χ0) is 13.3. The number of hydrogen-bond acceptors (Lipinski definition) is 3. The Morgan fingerprint density at radius 2 is 2.53 bits per heavy atom. The molecule has 0 saturated carbocycles. The Hall–Kier alpha value is -1.29. The van der Waals surface area contributed by atoms with E-state index in [4.69, 9.17) is 4.42 Å². The average molecular weight is 262 g/mol. The van der Waals surface area contributed by atoms with Crippen molar-refractivity contribution in [2.45, 2.75) is 45.1 Å². The van der Waals surface area contributed by atoms with E-state index in [0.717, 1.165) is 51.0 Å². The molecule has 1 aromatic rings. The average Bonchev–Trinajstić information content (AvgIpc) is 3.08. The van der Waals surface area contributed by atoms with Crippen LogP contribution in [-0.4, -0.2) is 19.0 Å². The number of hydrogen-bond donors (Lipinski definition) is 2. The van der Waals surface area contributed by atoms with E-state index in [-0.39, 0.29) is 17.4 Å². The molecule has 4 heteroatoms. The lowest BCUT2D eigenvalue weighted by Crippen LogP contribution is -2.44. The zero-order valence-corrected chi connectivity index (χ0v) is 11.5. The van der Waals surface area contributed by atoms with Crippen LogP contribution in [0.4, 0.5) is 0 Å². The van der Waals surface area contributed by atoms with Gasteiger partial charge in [-0.15, -0.1) is 0 Å². The topological polar surface area (TPSA) is 54.3 Å². The molecule has 2 heterocycles. The van der Waals surface area contributed by atoms with Crippen LogP contribution >= 0.6 is 0 Å². The second-order valence-corrected chi connectivity index (χ2v) is 5.78. The Bertz CT molecular complexity index is 460. The molecule has 1 amide bonds. The van der Waals surface area contributed by atoms with E-state index in [0.29, 0.717) is 0 Å². The molecule has 3 rings (SSSR count). The molecule has 0 bridgehead atoms. The summed E-state index contributed by atoms with van der Waals surface area (Å²) in [7, 11) is 0. The molecular weight excluding hydrogens is 240 g/mol. The minimum atomic E-state index is -0.207. The minimum absolute atomic E-state index is 0.138. The molecular formula is C15H22N2O2. The van der Waals surface area contributed by atoms with E-state index in [1.54, 1.807) is 6.26 Å². The first kappa shape index (κ1) is 12.7. The molecule has 19 heavy (non-hydrogen) atoms. The number of fused-ring (bicyclic) bond motifs is 1. The fourth-order valence-electron chi connectivity index (χ4n) is 3.35. The van der Waals surface area contributed by atoms with Gasteiger partial charge in [-0.1, -0.05) is 6.92 Å². The normalized spacial score (nSPS) is 30.1. The van der Waals surface area contributed by atoms with Crippen molar-refractivity contribution in [3.63, 3.8) is 0 Å². The van der Waals surface area contributed by atoms with Gasteiger partial charge < -0.3 is 15.1 Å². The van der Waals surface area contributed by atoms with Crippen molar-refractivity contribution in [2.24, 2.45) is 5.41 Å². The molecule has 1 saturated heterocycles. The highest BCUT2D eigenvalue weighted by molar-refractivity contribution is 5.83. The Morgan fingerprint density at radius 3 is 3.26 bits per heavy atom. The molecule has 104 valence electrons. The van der Waals surface area contributed by atoms with Crippen LogP contribution in [0.15, 0.2) is 16.7 Å². The van der Waals surface area contributed by atoms with Gasteiger partial charge in [0, 0.05) is 18.5 Å². The third-order valence-corrected chi connectivity index (χ3v) is 4.76. The number of carbonyl (C=O) groups excluding carboxylic acids is 1. The van der Waals surface area contributed by atoms with Crippen molar-refractivity contribution in [2.75, 3.05) is 13.1 Å². The van der Waals surface area contributed by atoms with Crippen molar-refractivity contribution < 1.29 is 9.21 Å². The van der Waals surface area contributed by atoms with Gasteiger partial charge in [-0.05, 0) is 38.3 Å². The molecule has 2 aliphatic rings. The number of nitrogens with one attached hydrogen (secondary N) is 2. The summed E-state index contributed by atoms with van der Waals surface area (Å²) in [6.07, 6.45) is 6.68. The Balaban J connectivity index is 1.74. The van der Waals surface area contributed by atoms with Crippen LogP contribution in [0, 0.1) is 5.41 Å². The number of rotatable bonds is 3.